The highest BCUT2D eigenvalue weighted by molar-refractivity contribution is 5.77. The maximum absolute atomic E-state index is 13.6. The molecule has 0 spiro atoms. The molecular formula is C18H20F14O8. The van der Waals surface area contributed by atoms with Crippen LogP contribution >= 0.6 is 0 Å². The van der Waals surface area contributed by atoms with Crippen LogP contribution in [0.15, 0.2) is 0 Å². The van der Waals surface area contributed by atoms with Gasteiger partial charge in [-0.2, -0.15) is 43.9 Å². The van der Waals surface area contributed by atoms with E-state index in [2.05, 4.69) is 28.4 Å². The third-order valence-corrected chi connectivity index (χ3v) is 3.77. The monoisotopic (exact) mass is 630 g/mol. The maximum Gasteiger partial charge on any atom is 0.383 e. The van der Waals surface area contributed by atoms with E-state index in [-0.39, 0.29) is 0 Å². The van der Waals surface area contributed by atoms with Crippen LogP contribution in [0.2, 0.25) is 0 Å². The number of carbonyl (C=O) groups excluding carboxylic acids is 2. The lowest BCUT2D eigenvalue weighted by atomic mass is 10.2. The Morgan fingerprint density at radius 1 is 0.525 bits per heavy atom. The van der Waals surface area contributed by atoms with Gasteiger partial charge in [-0.15, -0.1) is 0 Å². The molecule has 0 saturated carbocycles. The van der Waals surface area contributed by atoms with Crippen LogP contribution in [-0.2, 0) is 38.0 Å². The van der Waals surface area contributed by atoms with Crippen LogP contribution < -0.4 is 0 Å². The minimum absolute atomic E-state index is 0.346. The molecule has 0 N–H and O–H groups in total. The largest absolute Gasteiger partial charge is 0.469 e. The molecular weight excluding hydrogens is 610 g/mol. The normalized spacial score (nSPS) is 14.3. The van der Waals surface area contributed by atoms with Crippen molar-refractivity contribution < 1.29 is 99.5 Å². The van der Waals surface area contributed by atoms with Crippen LogP contribution in [0, 0.1) is 0 Å². The van der Waals surface area contributed by atoms with Gasteiger partial charge in [0.05, 0.1) is 14.2 Å². The van der Waals surface area contributed by atoms with E-state index in [4.69, 9.17) is 0 Å². The number of esters is 2. The molecule has 0 heterocycles. The summed E-state index contributed by atoms with van der Waals surface area (Å²) in [4.78, 5) is 21.4. The number of ether oxygens (including phenoxy) is 6. The van der Waals surface area contributed by atoms with E-state index in [1.807, 2.05) is 0 Å². The van der Waals surface area contributed by atoms with Gasteiger partial charge >= 0.3 is 42.3 Å². The Morgan fingerprint density at radius 2 is 0.925 bits per heavy atom. The zero-order chi connectivity index (χ0) is 31.8. The second kappa shape index (κ2) is 13.6. The number of carbonyl (C=O) groups is 2. The van der Waals surface area contributed by atoms with E-state index in [0.29, 0.717) is 14.2 Å². The summed E-state index contributed by atoms with van der Waals surface area (Å²) in [6.07, 6.45) is -29.2. The molecule has 0 saturated heterocycles. The molecule has 238 valence electrons. The molecule has 0 fully saturated rings. The highest BCUT2D eigenvalue weighted by Crippen LogP contribution is 2.38. The lowest BCUT2D eigenvalue weighted by Crippen LogP contribution is -2.44. The van der Waals surface area contributed by atoms with Gasteiger partial charge < -0.3 is 18.9 Å². The van der Waals surface area contributed by atoms with Crippen molar-refractivity contribution in [3.8, 4) is 0 Å². The van der Waals surface area contributed by atoms with Crippen LogP contribution in [0.1, 0.15) is 19.3 Å². The summed E-state index contributed by atoms with van der Waals surface area (Å²) in [6.45, 7) is -9.37. The van der Waals surface area contributed by atoms with E-state index >= 15 is 0 Å². The summed E-state index contributed by atoms with van der Waals surface area (Å²) in [5.41, 5.74) is 0. The van der Waals surface area contributed by atoms with Crippen molar-refractivity contribution in [1.82, 2.24) is 0 Å². The summed E-state index contributed by atoms with van der Waals surface area (Å²) in [7, 11) is 1.06. The highest BCUT2D eigenvalue weighted by atomic mass is 19.3. The Bertz CT molecular complexity index is 837. The molecule has 22 heteroatoms. The first kappa shape index (κ1) is 37.8. The van der Waals surface area contributed by atoms with Gasteiger partial charge in [-0.3, -0.25) is 14.3 Å². The number of halogens is 14. The molecule has 0 aromatic carbocycles. The minimum Gasteiger partial charge on any atom is -0.469 e. The Kier molecular flexibility index (Phi) is 12.9. The highest BCUT2D eigenvalue weighted by Gasteiger charge is 2.55. The van der Waals surface area contributed by atoms with Crippen LogP contribution in [0.25, 0.3) is 0 Å². The molecule has 0 aliphatic heterocycles. The minimum atomic E-state index is -5.50. The quantitative estimate of drug-likeness (QED) is 0.148. The van der Waals surface area contributed by atoms with E-state index in [1.165, 1.54) is 0 Å². The number of hydrogen-bond acceptors (Lipinski definition) is 8. The van der Waals surface area contributed by atoms with Crippen molar-refractivity contribution in [2.24, 2.45) is 0 Å². The second-order valence-corrected chi connectivity index (χ2v) is 7.75. The van der Waals surface area contributed by atoms with Gasteiger partial charge in [-0.25, -0.2) is 22.4 Å². The Hall–Kier alpha value is -2.20. The van der Waals surface area contributed by atoms with Crippen molar-refractivity contribution in [3.63, 3.8) is 0 Å². The summed E-state index contributed by atoms with van der Waals surface area (Å²) in [5.74, 6) is -18.2. The van der Waals surface area contributed by atoms with E-state index in [9.17, 15) is 71.1 Å². The van der Waals surface area contributed by atoms with Crippen molar-refractivity contribution in [2.75, 3.05) is 40.6 Å². The molecule has 8 nitrogen and oxygen atoms in total. The standard InChI is InChI=1S/C18H20F14O8/c1-35-10(33)3-12(19,20)6-37-8-17(29,30)39-15(25,26)4-13(21,22)7-38-9-18(31,32)40-16(27,28)5-14(23,24)11(34)36-2/h3-9H2,1-2H3. The summed E-state index contributed by atoms with van der Waals surface area (Å²) >= 11 is 0. The van der Waals surface area contributed by atoms with Crippen molar-refractivity contribution in [2.45, 2.75) is 61.5 Å². The van der Waals surface area contributed by atoms with Crippen LogP contribution in [0.5, 0.6) is 0 Å². The Morgan fingerprint density at radius 3 is 1.32 bits per heavy atom. The molecule has 0 bridgehead atoms. The molecule has 40 heavy (non-hydrogen) atoms. The molecule has 0 rings (SSSR count). The lowest BCUT2D eigenvalue weighted by molar-refractivity contribution is -0.401. The molecule has 0 aliphatic rings. The van der Waals surface area contributed by atoms with Crippen LogP contribution in [-0.4, -0.2) is 94.8 Å². The fourth-order valence-corrected chi connectivity index (χ4v) is 2.37. The number of hydrogen-bond donors (Lipinski definition) is 0. The zero-order valence-corrected chi connectivity index (χ0v) is 20.0. The smallest absolute Gasteiger partial charge is 0.383 e. The topological polar surface area (TPSA) is 89.5 Å². The van der Waals surface area contributed by atoms with Crippen molar-refractivity contribution in [1.29, 1.82) is 0 Å². The lowest BCUT2D eigenvalue weighted by Gasteiger charge is -2.28. The molecule has 0 amide bonds. The SMILES string of the molecule is COC(=O)CC(F)(F)COCC(F)(F)OC(F)(F)CC(F)(F)COCC(F)(F)OC(F)(F)CC(F)(F)C(=O)OC. The summed E-state index contributed by atoms with van der Waals surface area (Å²) in [6, 6.07) is 0. The zero-order valence-electron chi connectivity index (χ0n) is 20.0. The van der Waals surface area contributed by atoms with Crippen LogP contribution in [0.3, 0.4) is 0 Å². The van der Waals surface area contributed by atoms with Gasteiger partial charge in [-0.05, 0) is 0 Å². The first-order chi connectivity index (χ1) is 17.7. The maximum atomic E-state index is 13.6. The molecule has 0 aromatic heterocycles. The van der Waals surface area contributed by atoms with E-state index in [0.717, 1.165) is 0 Å². The fourth-order valence-electron chi connectivity index (χ4n) is 2.37. The van der Waals surface area contributed by atoms with Crippen molar-refractivity contribution >= 4 is 11.9 Å². The average molecular weight is 630 g/mol. The molecule has 0 aliphatic carbocycles. The third kappa shape index (κ3) is 15.6. The second-order valence-electron chi connectivity index (χ2n) is 7.75. The van der Waals surface area contributed by atoms with Gasteiger partial charge in [0.15, 0.2) is 0 Å². The molecule has 0 aromatic rings. The number of rotatable bonds is 19. The first-order valence-corrected chi connectivity index (χ1v) is 10.0. The molecule has 0 radical (unpaired) electrons. The van der Waals surface area contributed by atoms with Gasteiger partial charge in [0.25, 0.3) is 11.8 Å². The predicted molar refractivity (Wildman–Crippen MR) is 96.3 cm³/mol. The number of methoxy groups -OCH3 is 2. The third-order valence-electron chi connectivity index (χ3n) is 3.77. The summed E-state index contributed by atoms with van der Waals surface area (Å²) < 4.78 is 208. The predicted octanol–water partition coefficient (Wildman–Crippen LogP) is 4.85. The van der Waals surface area contributed by atoms with Gasteiger partial charge in [0.1, 0.15) is 45.7 Å². The molecule has 0 atom stereocenters. The fraction of sp³-hybridized carbons (Fsp3) is 0.889. The van der Waals surface area contributed by atoms with Gasteiger partial charge in [0.2, 0.25) is 0 Å². The average Bonchev–Trinajstić information content (AvgIpc) is 2.68. The van der Waals surface area contributed by atoms with Crippen molar-refractivity contribution in [3.05, 3.63) is 0 Å². The number of alkyl halides is 14. The molecule has 0 unspecified atom stereocenters. The first-order valence-electron chi connectivity index (χ1n) is 10.0. The van der Waals surface area contributed by atoms with Crippen LogP contribution in [0.4, 0.5) is 61.5 Å². The van der Waals surface area contributed by atoms with E-state index in [1.54, 1.807) is 0 Å². The van der Waals surface area contributed by atoms with Gasteiger partial charge in [0, 0.05) is 0 Å². The Labute approximate surface area is 214 Å². The van der Waals surface area contributed by atoms with Gasteiger partial charge in [-0.1, -0.05) is 0 Å². The summed E-state index contributed by atoms with van der Waals surface area (Å²) in [5, 5.41) is 0. The Balaban J connectivity index is 4.91. The van der Waals surface area contributed by atoms with E-state index < -0.39 is 99.8 Å².